The number of nitrogens with two attached hydrogens (primary N) is 1. The number of carbonyl (C=O) groups is 1. The van der Waals surface area contributed by atoms with E-state index < -0.39 is 0 Å². The van der Waals surface area contributed by atoms with E-state index in [2.05, 4.69) is 35.9 Å². The first-order valence-electron chi connectivity index (χ1n) is 7.92. The van der Waals surface area contributed by atoms with Gasteiger partial charge in [0.1, 0.15) is 0 Å². The number of hydrogen-bond donors (Lipinski definition) is 2. The monoisotopic (exact) mass is 284 g/mol. The van der Waals surface area contributed by atoms with Gasteiger partial charge in [-0.15, -0.1) is 0 Å². The molecule has 5 heteroatoms. The summed E-state index contributed by atoms with van der Waals surface area (Å²) in [6.45, 7) is 13.7. The molecule has 1 atom stereocenters. The van der Waals surface area contributed by atoms with Crippen LogP contribution in [0.25, 0.3) is 0 Å². The second kappa shape index (κ2) is 9.32. The Bertz CT molecular complexity index is 283. The molecule has 1 heterocycles. The van der Waals surface area contributed by atoms with Crippen LogP contribution in [0.15, 0.2) is 0 Å². The van der Waals surface area contributed by atoms with Crippen molar-refractivity contribution >= 4 is 5.91 Å². The van der Waals surface area contributed by atoms with Gasteiger partial charge in [-0.1, -0.05) is 20.8 Å². The zero-order valence-electron chi connectivity index (χ0n) is 13.4. The highest BCUT2D eigenvalue weighted by atomic mass is 16.2. The summed E-state index contributed by atoms with van der Waals surface area (Å²) < 4.78 is 0. The molecule has 0 radical (unpaired) electrons. The zero-order valence-corrected chi connectivity index (χ0v) is 13.4. The van der Waals surface area contributed by atoms with E-state index in [0.717, 1.165) is 52.2 Å². The van der Waals surface area contributed by atoms with Gasteiger partial charge in [0.15, 0.2) is 0 Å². The molecule has 0 saturated carbocycles. The summed E-state index contributed by atoms with van der Waals surface area (Å²) in [4.78, 5) is 16.6. The van der Waals surface area contributed by atoms with E-state index in [1.807, 2.05) is 0 Å². The highest BCUT2D eigenvalue weighted by Crippen LogP contribution is 2.05. The molecule has 0 aliphatic carbocycles. The van der Waals surface area contributed by atoms with E-state index >= 15 is 0 Å². The maximum Gasteiger partial charge on any atom is 0.234 e. The molecular weight excluding hydrogens is 252 g/mol. The Kier molecular flexibility index (Phi) is 8.11. The maximum absolute atomic E-state index is 11.9. The molecule has 3 N–H and O–H groups in total. The number of nitrogens with one attached hydrogen (secondary N) is 1. The number of rotatable bonds is 7. The lowest BCUT2D eigenvalue weighted by Gasteiger charge is -2.23. The molecule has 1 rings (SSSR count). The molecule has 0 aromatic rings. The summed E-state index contributed by atoms with van der Waals surface area (Å²) >= 11 is 0. The van der Waals surface area contributed by atoms with Gasteiger partial charge < -0.3 is 16.0 Å². The minimum absolute atomic E-state index is 0.155. The van der Waals surface area contributed by atoms with Crippen LogP contribution in [0.3, 0.4) is 0 Å². The lowest BCUT2D eigenvalue weighted by molar-refractivity contribution is -0.122. The van der Waals surface area contributed by atoms with E-state index in [0.29, 0.717) is 18.4 Å². The van der Waals surface area contributed by atoms with Crippen molar-refractivity contribution in [2.24, 2.45) is 17.6 Å². The average Bonchev–Trinajstić information content (AvgIpc) is 2.62. The van der Waals surface area contributed by atoms with E-state index in [9.17, 15) is 4.79 Å². The molecule has 1 aliphatic rings. The summed E-state index contributed by atoms with van der Waals surface area (Å²) in [7, 11) is 0. The molecule has 1 unspecified atom stereocenters. The third-order valence-corrected chi connectivity index (χ3v) is 3.73. The minimum Gasteiger partial charge on any atom is -0.355 e. The predicted octanol–water partition coefficient (Wildman–Crippen LogP) is 0.361. The Hall–Kier alpha value is -0.650. The first-order chi connectivity index (χ1) is 9.51. The van der Waals surface area contributed by atoms with Gasteiger partial charge >= 0.3 is 0 Å². The molecule has 0 aromatic heterocycles. The third kappa shape index (κ3) is 7.22. The Morgan fingerprint density at radius 1 is 1.15 bits per heavy atom. The van der Waals surface area contributed by atoms with Gasteiger partial charge in [0.25, 0.3) is 0 Å². The quantitative estimate of drug-likeness (QED) is 0.709. The molecule has 0 spiro atoms. The minimum atomic E-state index is 0.155. The fourth-order valence-corrected chi connectivity index (χ4v) is 2.46. The van der Waals surface area contributed by atoms with Crippen LogP contribution >= 0.6 is 0 Å². The molecular formula is C15H32N4O. The van der Waals surface area contributed by atoms with Crippen molar-refractivity contribution in [2.75, 3.05) is 52.4 Å². The summed E-state index contributed by atoms with van der Waals surface area (Å²) in [5.74, 6) is 1.22. The highest BCUT2D eigenvalue weighted by Gasteiger charge is 2.18. The topological polar surface area (TPSA) is 61.6 Å². The van der Waals surface area contributed by atoms with E-state index in [1.54, 1.807) is 0 Å². The van der Waals surface area contributed by atoms with Gasteiger partial charge in [-0.25, -0.2) is 0 Å². The number of hydrogen-bond acceptors (Lipinski definition) is 4. The molecule has 1 aliphatic heterocycles. The highest BCUT2D eigenvalue weighted by molar-refractivity contribution is 5.77. The van der Waals surface area contributed by atoms with Crippen LogP contribution in [0, 0.1) is 11.8 Å². The molecule has 0 bridgehead atoms. The molecule has 20 heavy (non-hydrogen) atoms. The fraction of sp³-hybridized carbons (Fsp3) is 0.933. The SMILES string of the molecule is CC(C)CNC(=O)CN1CCCN(CC(C)CN)CC1. The van der Waals surface area contributed by atoms with Gasteiger partial charge in [0, 0.05) is 26.2 Å². The smallest absolute Gasteiger partial charge is 0.234 e. The Morgan fingerprint density at radius 3 is 2.45 bits per heavy atom. The Morgan fingerprint density at radius 2 is 1.80 bits per heavy atom. The standard InChI is InChI=1S/C15H32N4O/c1-13(2)10-17-15(20)12-19-6-4-5-18(7-8-19)11-14(3)9-16/h13-14H,4-12,16H2,1-3H3,(H,17,20). The lowest BCUT2D eigenvalue weighted by Crippen LogP contribution is -2.40. The van der Waals surface area contributed by atoms with Gasteiger partial charge in [-0.3, -0.25) is 9.69 Å². The Labute approximate surface area is 123 Å². The Balaban J connectivity index is 2.27. The van der Waals surface area contributed by atoms with Crippen LogP contribution in [0.5, 0.6) is 0 Å². The molecule has 1 amide bonds. The largest absolute Gasteiger partial charge is 0.355 e. The third-order valence-electron chi connectivity index (χ3n) is 3.73. The van der Waals surface area contributed by atoms with Crippen molar-refractivity contribution in [3.05, 3.63) is 0 Å². The van der Waals surface area contributed by atoms with Gasteiger partial charge in [-0.2, -0.15) is 0 Å². The second-order valence-corrected chi connectivity index (χ2v) is 6.47. The van der Waals surface area contributed by atoms with Crippen molar-refractivity contribution < 1.29 is 4.79 Å². The van der Waals surface area contributed by atoms with Crippen LogP contribution in [0.2, 0.25) is 0 Å². The molecule has 118 valence electrons. The van der Waals surface area contributed by atoms with Gasteiger partial charge in [0.05, 0.1) is 6.54 Å². The molecule has 5 nitrogen and oxygen atoms in total. The number of amides is 1. The summed E-state index contributed by atoms with van der Waals surface area (Å²) in [5, 5.41) is 2.99. The first-order valence-corrected chi connectivity index (χ1v) is 7.92. The van der Waals surface area contributed by atoms with Crippen LogP contribution in [-0.2, 0) is 4.79 Å². The maximum atomic E-state index is 11.9. The van der Waals surface area contributed by atoms with E-state index in [-0.39, 0.29) is 5.91 Å². The van der Waals surface area contributed by atoms with Crippen molar-refractivity contribution in [3.63, 3.8) is 0 Å². The summed E-state index contributed by atoms with van der Waals surface area (Å²) in [5.41, 5.74) is 5.69. The van der Waals surface area contributed by atoms with E-state index in [4.69, 9.17) is 5.73 Å². The second-order valence-electron chi connectivity index (χ2n) is 6.47. The normalized spacial score (nSPS) is 19.9. The van der Waals surface area contributed by atoms with Crippen LogP contribution in [0.4, 0.5) is 0 Å². The summed E-state index contributed by atoms with van der Waals surface area (Å²) in [6, 6.07) is 0. The zero-order chi connectivity index (χ0) is 15.0. The predicted molar refractivity (Wildman–Crippen MR) is 83.6 cm³/mol. The molecule has 0 aromatic carbocycles. The lowest BCUT2D eigenvalue weighted by atomic mass is 10.1. The first kappa shape index (κ1) is 17.4. The number of nitrogens with zero attached hydrogens (tertiary/aromatic N) is 2. The fourth-order valence-electron chi connectivity index (χ4n) is 2.46. The van der Waals surface area contributed by atoms with Crippen LogP contribution < -0.4 is 11.1 Å². The number of carbonyl (C=O) groups excluding carboxylic acids is 1. The van der Waals surface area contributed by atoms with Crippen molar-refractivity contribution in [1.29, 1.82) is 0 Å². The van der Waals surface area contributed by atoms with Crippen molar-refractivity contribution in [1.82, 2.24) is 15.1 Å². The van der Waals surface area contributed by atoms with Gasteiger partial charge in [0.2, 0.25) is 5.91 Å². The van der Waals surface area contributed by atoms with Crippen LogP contribution in [-0.4, -0.2) is 68.1 Å². The van der Waals surface area contributed by atoms with Gasteiger partial charge in [-0.05, 0) is 37.9 Å². The van der Waals surface area contributed by atoms with E-state index in [1.165, 1.54) is 0 Å². The molecule has 1 fully saturated rings. The molecule has 1 saturated heterocycles. The van der Waals surface area contributed by atoms with Crippen molar-refractivity contribution in [3.8, 4) is 0 Å². The van der Waals surface area contributed by atoms with Crippen molar-refractivity contribution in [2.45, 2.75) is 27.2 Å². The summed E-state index contributed by atoms with van der Waals surface area (Å²) in [6.07, 6.45) is 1.13. The van der Waals surface area contributed by atoms with Crippen LogP contribution in [0.1, 0.15) is 27.2 Å². The average molecular weight is 284 g/mol.